The molecule has 0 spiro atoms. The van der Waals surface area contributed by atoms with Gasteiger partial charge in [0.2, 0.25) is 0 Å². The summed E-state index contributed by atoms with van der Waals surface area (Å²) in [5.41, 5.74) is 2.48. The van der Waals surface area contributed by atoms with E-state index in [2.05, 4.69) is 36.4 Å². The summed E-state index contributed by atoms with van der Waals surface area (Å²) in [5, 5.41) is 4.45. The van der Waals surface area contributed by atoms with Gasteiger partial charge in [0.1, 0.15) is 5.76 Å². The van der Waals surface area contributed by atoms with Crippen LogP contribution in [0.15, 0.2) is 106 Å². The van der Waals surface area contributed by atoms with Crippen LogP contribution in [0.3, 0.4) is 0 Å². The van der Waals surface area contributed by atoms with Gasteiger partial charge in [0.25, 0.3) is 0 Å². The molecule has 0 radical (unpaired) electrons. The first-order valence-corrected chi connectivity index (χ1v) is 8.91. The fourth-order valence-corrected chi connectivity index (χ4v) is 3.68. The third kappa shape index (κ3) is 2.72. The molecule has 2 heteroatoms. The SMILES string of the molecule is O=c1cc(-c2cccc3ccccc23)cc(-c2cccc3ccccc23)o1. The number of rotatable bonds is 2. The molecule has 0 unspecified atom stereocenters. The van der Waals surface area contributed by atoms with E-state index in [9.17, 15) is 4.79 Å². The lowest BCUT2D eigenvalue weighted by atomic mass is 9.97. The number of fused-ring (bicyclic) bond motifs is 2. The smallest absolute Gasteiger partial charge is 0.336 e. The van der Waals surface area contributed by atoms with Crippen molar-refractivity contribution in [1.82, 2.24) is 0 Å². The first kappa shape index (κ1) is 15.6. The van der Waals surface area contributed by atoms with Crippen LogP contribution >= 0.6 is 0 Å². The predicted molar refractivity (Wildman–Crippen MR) is 111 cm³/mol. The molecular weight excluding hydrogens is 332 g/mol. The number of hydrogen-bond donors (Lipinski definition) is 0. The molecule has 0 saturated carbocycles. The molecule has 5 aromatic rings. The minimum absolute atomic E-state index is 0.344. The number of benzene rings is 4. The summed E-state index contributed by atoms with van der Waals surface area (Å²) < 4.78 is 5.59. The van der Waals surface area contributed by atoms with E-state index in [1.54, 1.807) is 6.07 Å². The largest absolute Gasteiger partial charge is 0.423 e. The summed E-state index contributed by atoms with van der Waals surface area (Å²) in [7, 11) is 0. The van der Waals surface area contributed by atoms with Gasteiger partial charge in [-0.25, -0.2) is 4.79 Å². The van der Waals surface area contributed by atoms with E-state index in [0.717, 1.165) is 38.2 Å². The second-order valence-electron chi connectivity index (χ2n) is 6.58. The molecule has 0 saturated heterocycles. The molecule has 1 aromatic heterocycles. The van der Waals surface area contributed by atoms with E-state index in [0.29, 0.717) is 5.76 Å². The minimum atomic E-state index is -0.344. The highest BCUT2D eigenvalue weighted by atomic mass is 16.4. The molecule has 0 bridgehead atoms. The van der Waals surface area contributed by atoms with Crippen LogP contribution in [0.5, 0.6) is 0 Å². The van der Waals surface area contributed by atoms with E-state index in [1.165, 1.54) is 0 Å². The summed E-state index contributed by atoms with van der Waals surface area (Å²) in [6.45, 7) is 0. The zero-order chi connectivity index (χ0) is 18.2. The van der Waals surface area contributed by atoms with Crippen molar-refractivity contribution in [2.24, 2.45) is 0 Å². The van der Waals surface area contributed by atoms with Crippen LogP contribution in [0.25, 0.3) is 44.0 Å². The van der Waals surface area contributed by atoms with Crippen LogP contribution in [-0.2, 0) is 0 Å². The fraction of sp³-hybridized carbons (Fsp3) is 0. The molecule has 5 rings (SSSR count). The Morgan fingerprint density at radius 2 is 1.11 bits per heavy atom. The Hall–Kier alpha value is -3.65. The van der Waals surface area contributed by atoms with Crippen LogP contribution < -0.4 is 5.63 Å². The predicted octanol–water partition coefficient (Wildman–Crippen LogP) is 6.28. The molecule has 0 atom stereocenters. The molecule has 0 amide bonds. The van der Waals surface area contributed by atoms with E-state index >= 15 is 0 Å². The second-order valence-corrected chi connectivity index (χ2v) is 6.58. The lowest BCUT2D eigenvalue weighted by Gasteiger charge is -2.09. The van der Waals surface area contributed by atoms with Gasteiger partial charge in [-0.15, -0.1) is 0 Å². The van der Waals surface area contributed by atoms with Crippen molar-refractivity contribution in [1.29, 1.82) is 0 Å². The zero-order valence-electron chi connectivity index (χ0n) is 14.6. The lowest BCUT2D eigenvalue weighted by Crippen LogP contribution is -1.99. The molecule has 0 fully saturated rings. The maximum absolute atomic E-state index is 12.4. The summed E-state index contributed by atoms with van der Waals surface area (Å²) >= 11 is 0. The van der Waals surface area contributed by atoms with Crippen LogP contribution in [0, 0.1) is 0 Å². The summed E-state index contributed by atoms with van der Waals surface area (Å²) in [6.07, 6.45) is 0. The van der Waals surface area contributed by atoms with Crippen molar-refractivity contribution in [2.75, 3.05) is 0 Å². The second kappa shape index (κ2) is 6.26. The van der Waals surface area contributed by atoms with Gasteiger partial charge in [-0.3, -0.25) is 0 Å². The first-order valence-electron chi connectivity index (χ1n) is 8.91. The first-order chi connectivity index (χ1) is 13.3. The lowest BCUT2D eigenvalue weighted by molar-refractivity contribution is 0.527. The van der Waals surface area contributed by atoms with Gasteiger partial charge in [0.05, 0.1) is 0 Å². The fourth-order valence-electron chi connectivity index (χ4n) is 3.68. The Bertz CT molecular complexity index is 1230. The Kier molecular flexibility index (Phi) is 3.61. The molecule has 0 aliphatic carbocycles. The van der Waals surface area contributed by atoms with E-state index < -0.39 is 0 Å². The third-order valence-corrected chi connectivity index (χ3v) is 4.93. The van der Waals surface area contributed by atoms with E-state index in [-0.39, 0.29) is 5.63 Å². The van der Waals surface area contributed by atoms with Crippen molar-refractivity contribution >= 4 is 21.5 Å². The van der Waals surface area contributed by atoms with Crippen molar-refractivity contribution in [3.8, 4) is 22.5 Å². The highest BCUT2D eigenvalue weighted by Gasteiger charge is 2.11. The third-order valence-electron chi connectivity index (χ3n) is 4.93. The van der Waals surface area contributed by atoms with Gasteiger partial charge in [0.15, 0.2) is 0 Å². The molecular formula is C25H16O2. The van der Waals surface area contributed by atoms with Gasteiger partial charge in [-0.2, -0.15) is 0 Å². The van der Waals surface area contributed by atoms with Crippen LogP contribution in [0.2, 0.25) is 0 Å². The normalized spacial score (nSPS) is 11.1. The van der Waals surface area contributed by atoms with Crippen molar-refractivity contribution in [3.05, 3.63) is 107 Å². The average Bonchev–Trinajstić information content (AvgIpc) is 2.72. The van der Waals surface area contributed by atoms with Crippen LogP contribution in [0.1, 0.15) is 0 Å². The van der Waals surface area contributed by atoms with Gasteiger partial charge in [0, 0.05) is 11.6 Å². The maximum atomic E-state index is 12.4. The summed E-state index contributed by atoms with van der Waals surface area (Å²) in [6, 6.07) is 32.0. The monoisotopic (exact) mass is 348 g/mol. The Morgan fingerprint density at radius 3 is 1.81 bits per heavy atom. The molecule has 27 heavy (non-hydrogen) atoms. The maximum Gasteiger partial charge on any atom is 0.336 e. The molecule has 1 heterocycles. The van der Waals surface area contributed by atoms with Crippen molar-refractivity contribution in [2.45, 2.75) is 0 Å². The Balaban J connectivity index is 1.77. The van der Waals surface area contributed by atoms with Gasteiger partial charge in [-0.05, 0) is 38.7 Å². The quantitative estimate of drug-likeness (QED) is 0.376. The summed E-state index contributed by atoms with van der Waals surface area (Å²) in [4.78, 5) is 12.4. The highest BCUT2D eigenvalue weighted by molar-refractivity contribution is 5.99. The molecule has 0 N–H and O–H groups in total. The average molecular weight is 348 g/mol. The van der Waals surface area contributed by atoms with Gasteiger partial charge < -0.3 is 4.42 Å². The van der Waals surface area contributed by atoms with Crippen LogP contribution in [0.4, 0.5) is 0 Å². The van der Waals surface area contributed by atoms with E-state index in [1.807, 2.05) is 54.6 Å². The molecule has 2 nitrogen and oxygen atoms in total. The topological polar surface area (TPSA) is 30.2 Å². The van der Waals surface area contributed by atoms with Crippen molar-refractivity contribution < 1.29 is 4.42 Å². The Morgan fingerprint density at radius 1 is 0.556 bits per heavy atom. The zero-order valence-corrected chi connectivity index (χ0v) is 14.6. The van der Waals surface area contributed by atoms with Crippen LogP contribution in [-0.4, -0.2) is 0 Å². The molecule has 4 aromatic carbocycles. The molecule has 0 aliphatic rings. The minimum Gasteiger partial charge on any atom is -0.423 e. The van der Waals surface area contributed by atoms with Gasteiger partial charge in [-0.1, -0.05) is 84.9 Å². The van der Waals surface area contributed by atoms with E-state index in [4.69, 9.17) is 4.42 Å². The number of hydrogen-bond acceptors (Lipinski definition) is 2. The van der Waals surface area contributed by atoms with Gasteiger partial charge >= 0.3 is 5.63 Å². The highest BCUT2D eigenvalue weighted by Crippen LogP contribution is 2.33. The Labute approximate surface area is 156 Å². The standard InChI is InChI=1S/C25H16O2/c26-25-16-19(22-13-5-9-17-7-1-3-11-20(17)22)15-24(27-25)23-14-6-10-18-8-2-4-12-21(18)23/h1-16H. The van der Waals surface area contributed by atoms with Crippen molar-refractivity contribution in [3.63, 3.8) is 0 Å². The summed E-state index contributed by atoms with van der Waals surface area (Å²) in [5.74, 6) is 0.585. The molecule has 128 valence electrons. The molecule has 0 aliphatic heterocycles.